The summed E-state index contributed by atoms with van der Waals surface area (Å²) in [5.74, 6) is 0.195. The van der Waals surface area contributed by atoms with Gasteiger partial charge in [-0.1, -0.05) is 32.9 Å². The monoisotopic (exact) mass is 288 g/mol. The first kappa shape index (κ1) is 15.9. The number of hydrogen-bond donors (Lipinski definition) is 1. The van der Waals surface area contributed by atoms with Crippen LogP contribution in [0.1, 0.15) is 52.5 Å². The van der Waals surface area contributed by atoms with Crippen LogP contribution in [0.15, 0.2) is 24.3 Å². The van der Waals surface area contributed by atoms with Crippen LogP contribution in [0.25, 0.3) is 0 Å². The Bertz CT molecular complexity index is 488. The van der Waals surface area contributed by atoms with Gasteiger partial charge in [0.2, 0.25) is 5.91 Å². The van der Waals surface area contributed by atoms with Crippen molar-refractivity contribution in [2.75, 3.05) is 18.4 Å². The number of nitrogens with one attached hydrogen (secondary N) is 1. The summed E-state index contributed by atoms with van der Waals surface area (Å²) >= 11 is 0. The van der Waals surface area contributed by atoms with Gasteiger partial charge in [0.15, 0.2) is 0 Å². The molecule has 0 saturated carbocycles. The van der Waals surface area contributed by atoms with E-state index in [0.717, 1.165) is 32.4 Å². The Kier molecular flexibility index (Phi) is 4.92. The van der Waals surface area contributed by atoms with Gasteiger partial charge in [0, 0.05) is 31.7 Å². The summed E-state index contributed by atoms with van der Waals surface area (Å²) < 4.78 is 0. The molecule has 1 aromatic carbocycles. The van der Waals surface area contributed by atoms with E-state index in [1.54, 1.807) is 6.92 Å². The molecule has 116 valence electrons. The Morgan fingerprint density at radius 3 is 2.57 bits per heavy atom. The number of piperidine rings is 1. The first-order chi connectivity index (χ1) is 9.92. The second-order valence-corrected chi connectivity index (χ2v) is 6.74. The standard InChI is InChI=1S/C18H28N2O/c1-5-18(3,4)15-7-6-8-17(13-15)19-16-9-11-20(12-10-16)14(2)21/h6-8,13,16,19H,5,9-12H2,1-4H3. The molecule has 3 heteroatoms. The summed E-state index contributed by atoms with van der Waals surface area (Å²) in [4.78, 5) is 13.3. The maximum absolute atomic E-state index is 11.4. The SMILES string of the molecule is CCC(C)(C)c1cccc(NC2CCN(C(C)=O)CC2)c1. The predicted molar refractivity (Wildman–Crippen MR) is 88.7 cm³/mol. The van der Waals surface area contributed by atoms with E-state index in [-0.39, 0.29) is 11.3 Å². The topological polar surface area (TPSA) is 32.3 Å². The van der Waals surface area contributed by atoms with Gasteiger partial charge in [-0.15, -0.1) is 0 Å². The largest absolute Gasteiger partial charge is 0.382 e. The highest BCUT2D eigenvalue weighted by molar-refractivity contribution is 5.73. The van der Waals surface area contributed by atoms with Crippen LogP contribution in [0.3, 0.4) is 0 Å². The average Bonchev–Trinajstić information content (AvgIpc) is 2.48. The molecule has 0 atom stereocenters. The van der Waals surface area contributed by atoms with Crippen molar-refractivity contribution in [2.24, 2.45) is 0 Å². The maximum atomic E-state index is 11.4. The second kappa shape index (κ2) is 6.50. The lowest BCUT2D eigenvalue weighted by Crippen LogP contribution is -2.41. The summed E-state index contributed by atoms with van der Waals surface area (Å²) in [6.07, 6.45) is 3.19. The summed E-state index contributed by atoms with van der Waals surface area (Å²) in [5.41, 5.74) is 2.81. The van der Waals surface area contributed by atoms with Crippen LogP contribution in [0, 0.1) is 0 Å². The van der Waals surface area contributed by atoms with E-state index in [9.17, 15) is 4.79 Å². The molecule has 1 aliphatic heterocycles. The number of benzene rings is 1. The molecule has 0 unspecified atom stereocenters. The van der Waals surface area contributed by atoms with Crippen LogP contribution < -0.4 is 5.32 Å². The fourth-order valence-corrected chi connectivity index (χ4v) is 2.81. The molecule has 1 amide bonds. The van der Waals surface area contributed by atoms with E-state index in [0.29, 0.717) is 6.04 Å². The minimum Gasteiger partial charge on any atom is -0.382 e. The van der Waals surface area contributed by atoms with Crippen molar-refractivity contribution in [2.45, 2.75) is 58.4 Å². The van der Waals surface area contributed by atoms with Gasteiger partial charge in [-0.05, 0) is 42.4 Å². The van der Waals surface area contributed by atoms with Crippen molar-refractivity contribution in [1.82, 2.24) is 4.90 Å². The van der Waals surface area contributed by atoms with Gasteiger partial charge in [0.05, 0.1) is 0 Å². The quantitative estimate of drug-likeness (QED) is 0.914. The smallest absolute Gasteiger partial charge is 0.219 e. The molecule has 0 spiro atoms. The molecule has 1 fully saturated rings. The van der Waals surface area contributed by atoms with E-state index in [1.807, 2.05) is 4.90 Å². The molecule has 1 saturated heterocycles. The number of amides is 1. The lowest BCUT2D eigenvalue weighted by Gasteiger charge is -2.32. The van der Waals surface area contributed by atoms with Gasteiger partial charge in [0.25, 0.3) is 0 Å². The van der Waals surface area contributed by atoms with Gasteiger partial charge in [0.1, 0.15) is 0 Å². The van der Waals surface area contributed by atoms with Crippen molar-refractivity contribution in [3.05, 3.63) is 29.8 Å². The van der Waals surface area contributed by atoms with Crippen LogP contribution in [0.4, 0.5) is 5.69 Å². The molecule has 21 heavy (non-hydrogen) atoms. The summed E-state index contributed by atoms with van der Waals surface area (Å²) in [6, 6.07) is 9.25. The minimum atomic E-state index is 0.195. The molecule has 0 radical (unpaired) electrons. The van der Waals surface area contributed by atoms with Crippen molar-refractivity contribution < 1.29 is 4.79 Å². The van der Waals surface area contributed by atoms with Crippen molar-refractivity contribution in [3.63, 3.8) is 0 Å². The Labute approximate surface area is 128 Å². The highest BCUT2D eigenvalue weighted by Gasteiger charge is 2.21. The summed E-state index contributed by atoms with van der Waals surface area (Å²) in [7, 11) is 0. The molecule has 3 nitrogen and oxygen atoms in total. The molecule has 1 N–H and O–H groups in total. The molecule has 1 aromatic rings. The molecule has 0 aromatic heterocycles. The molecule has 0 aliphatic carbocycles. The Morgan fingerprint density at radius 2 is 2.00 bits per heavy atom. The van der Waals surface area contributed by atoms with Crippen LogP contribution in [0.2, 0.25) is 0 Å². The third-order valence-corrected chi connectivity index (χ3v) is 4.84. The van der Waals surface area contributed by atoms with Crippen LogP contribution in [0.5, 0.6) is 0 Å². The van der Waals surface area contributed by atoms with Crippen LogP contribution in [-0.2, 0) is 10.2 Å². The van der Waals surface area contributed by atoms with Gasteiger partial charge in [-0.25, -0.2) is 0 Å². The number of likely N-dealkylation sites (tertiary alicyclic amines) is 1. The summed E-state index contributed by atoms with van der Waals surface area (Å²) in [6.45, 7) is 10.2. The van der Waals surface area contributed by atoms with Crippen molar-refractivity contribution in [3.8, 4) is 0 Å². The first-order valence-corrected chi connectivity index (χ1v) is 8.05. The number of carbonyl (C=O) groups is 1. The van der Waals surface area contributed by atoms with Crippen LogP contribution in [-0.4, -0.2) is 29.9 Å². The normalized spacial score (nSPS) is 16.9. The van der Waals surface area contributed by atoms with E-state index in [4.69, 9.17) is 0 Å². The number of rotatable bonds is 4. The molecular weight excluding hydrogens is 260 g/mol. The maximum Gasteiger partial charge on any atom is 0.219 e. The average molecular weight is 288 g/mol. The fourth-order valence-electron chi connectivity index (χ4n) is 2.81. The lowest BCUT2D eigenvalue weighted by atomic mass is 9.82. The fraction of sp³-hybridized carbons (Fsp3) is 0.611. The number of carbonyl (C=O) groups excluding carboxylic acids is 1. The zero-order valence-corrected chi connectivity index (χ0v) is 13.8. The van der Waals surface area contributed by atoms with Gasteiger partial charge >= 0.3 is 0 Å². The highest BCUT2D eigenvalue weighted by atomic mass is 16.2. The minimum absolute atomic E-state index is 0.195. The first-order valence-electron chi connectivity index (χ1n) is 8.05. The number of nitrogens with zero attached hydrogens (tertiary/aromatic N) is 1. The van der Waals surface area contributed by atoms with Crippen LogP contribution >= 0.6 is 0 Å². The Hall–Kier alpha value is -1.51. The van der Waals surface area contributed by atoms with Gasteiger partial charge in [-0.2, -0.15) is 0 Å². The third-order valence-electron chi connectivity index (χ3n) is 4.84. The number of anilines is 1. The molecule has 0 bridgehead atoms. The highest BCUT2D eigenvalue weighted by Crippen LogP contribution is 2.29. The lowest BCUT2D eigenvalue weighted by molar-refractivity contribution is -0.129. The predicted octanol–water partition coefficient (Wildman–Crippen LogP) is 3.80. The van der Waals surface area contributed by atoms with E-state index < -0.39 is 0 Å². The molecule has 2 rings (SSSR count). The van der Waals surface area contributed by atoms with E-state index >= 15 is 0 Å². The molecular formula is C18H28N2O. The van der Waals surface area contributed by atoms with Gasteiger partial charge < -0.3 is 10.2 Å². The van der Waals surface area contributed by atoms with Crippen molar-refractivity contribution in [1.29, 1.82) is 0 Å². The number of hydrogen-bond acceptors (Lipinski definition) is 2. The Morgan fingerprint density at radius 1 is 1.33 bits per heavy atom. The van der Waals surface area contributed by atoms with Gasteiger partial charge in [-0.3, -0.25) is 4.79 Å². The van der Waals surface area contributed by atoms with E-state index in [2.05, 4.69) is 50.4 Å². The second-order valence-electron chi connectivity index (χ2n) is 6.74. The van der Waals surface area contributed by atoms with E-state index in [1.165, 1.54) is 11.3 Å². The zero-order valence-electron chi connectivity index (χ0n) is 13.8. The molecule has 1 heterocycles. The Balaban J connectivity index is 1.98. The zero-order chi connectivity index (χ0) is 15.5. The third kappa shape index (κ3) is 3.99. The molecule has 1 aliphatic rings. The summed E-state index contributed by atoms with van der Waals surface area (Å²) in [5, 5.41) is 3.64. The van der Waals surface area contributed by atoms with Crippen molar-refractivity contribution >= 4 is 11.6 Å².